The van der Waals surface area contributed by atoms with Crippen molar-refractivity contribution < 1.29 is 4.42 Å². The summed E-state index contributed by atoms with van der Waals surface area (Å²) in [6, 6.07) is 41.1. The van der Waals surface area contributed by atoms with Crippen LogP contribution in [0.2, 0.25) is 0 Å². The maximum absolute atomic E-state index is 6.26. The molecular formula is C43H33N3O. The van der Waals surface area contributed by atoms with Gasteiger partial charge in [-0.1, -0.05) is 97.1 Å². The number of para-hydroxylation sites is 1. The van der Waals surface area contributed by atoms with Gasteiger partial charge in [0.25, 0.3) is 0 Å². The Balaban J connectivity index is 1.14. The van der Waals surface area contributed by atoms with Crippen LogP contribution in [0.4, 0.5) is 0 Å². The first-order valence-electron chi connectivity index (χ1n) is 17.2. The molecule has 4 nitrogen and oxygen atoms in total. The molecule has 7 aromatic rings. The zero-order valence-corrected chi connectivity index (χ0v) is 26.1. The summed E-state index contributed by atoms with van der Waals surface area (Å²) in [5.74, 6) is 5.29. The largest absolute Gasteiger partial charge is 0.456 e. The van der Waals surface area contributed by atoms with Crippen LogP contribution >= 0.6 is 0 Å². The molecule has 4 heteroatoms. The standard InChI is InChI=1S/C43H33N3O/c1-2-9-27(10-3-1)40-44-41(46-42(45-40)34-13-8-16-38-39(34)33-12-5-7-15-37(33)47-38)28-17-18-32-31-11-4-6-14-35(31)43(36(32)24-28)29-20-25-19-26(22-29)23-30(43)21-25/h1-18,24-26,29-30H,19-23H2. The van der Waals surface area contributed by atoms with Crippen LogP contribution in [0, 0.1) is 23.7 Å². The van der Waals surface area contributed by atoms with Crippen LogP contribution < -0.4 is 0 Å². The fraction of sp³-hybridized carbons (Fsp3) is 0.233. The molecule has 1 spiro atoms. The van der Waals surface area contributed by atoms with E-state index < -0.39 is 0 Å². The zero-order chi connectivity index (χ0) is 30.7. The lowest BCUT2D eigenvalue weighted by Crippen LogP contribution is -2.55. The summed E-state index contributed by atoms with van der Waals surface area (Å²) < 4.78 is 6.26. The molecule has 226 valence electrons. The van der Waals surface area contributed by atoms with Crippen LogP contribution in [0.1, 0.15) is 43.2 Å². The van der Waals surface area contributed by atoms with Gasteiger partial charge in [-0.2, -0.15) is 0 Å². The molecule has 0 N–H and O–H groups in total. The first kappa shape index (κ1) is 26.0. The van der Waals surface area contributed by atoms with E-state index in [9.17, 15) is 0 Å². The molecule has 2 heterocycles. The maximum Gasteiger partial charge on any atom is 0.164 e. The van der Waals surface area contributed by atoms with Gasteiger partial charge in [0.15, 0.2) is 17.5 Å². The Morgan fingerprint density at radius 2 is 1.13 bits per heavy atom. The van der Waals surface area contributed by atoms with Gasteiger partial charge in [0.05, 0.1) is 0 Å². The number of rotatable bonds is 3. The number of aromatic nitrogens is 3. The van der Waals surface area contributed by atoms with Crippen LogP contribution in [0.15, 0.2) is 120 Å². The minimum atomic E-state index is 0.0920. The van der Waals surface area contributed by atoms with Crippen LogP contribution in [-0.2, 0) is 5.41 Å². The van der Waals surface area contributed by atoms with Crippen molar-refractivity contribution in [3.8, 4) is 45.3 Å². The van der Waals surface area contributed by atoms with Gasteiger partial charge in [-0.05, 0) is 96.2 Å². The van der Waals surface area contributed by atoms with Gasteiger partial charge in [-0.3, -0.25) is 0 Å². The van der Waals surface area contributed by atoms with Crippen molar-refractivity contribution in [3.05, 3.63) is 126 Å². The third-order valence-electron chi connectivity index (χ3n) is 12.1. The number of fused-ring (bicyclic) bond motifs is 6. The molecular weight excluding hydrogens is 574 g/mol. The molecule has 5 aromatic carbocycles. The Bertz CT molecular complexity index is 2360. The molecule has 4 saturated carbocycles. The number of furan rings is 1. The molecule has 12 rings (SSSR count). The van der Waals surface area contributed by atoms with E-state index in [2.05, 4.69) is 72.8 Å². The summed E-state index contributed by atoms with van der Waals surface area (Å²) in [4.78, 5) is 15.6. The molecule has 5 aliphatic rings. The van der Waals surface area contributed by atoms with Crippen molar-refractivity contribution in [2.45, 2.75) is 37.5 Å². The highest BCUT2D eigenvalue weighted by Crippen LogP contribution is 2.69. The Labute approximate surface area is 273 Å². The number of hydrogen-bond acceptors (Lipinski definition) is 4. The highest BCUT2D eigenvalue weighted by Gasteiger charge is 2.61. The average molecular weight is 608 g/mol. The van der Waals surface area contributed by atoms with Crippen LogP contribution in [0.3, 0.4) is 0 Å². The van der Waals surface area contributed by atoms with Crippen LogP contribution in [-0.4, -0.2) is 15.0 Å². The van der Waals surface area contributed by atoms with Gasteiger partial charge in [0.1, 0.15) is 11.2 Å². The second kappa shape index (κ2) is 9.48. The zero-order valence-electron chi connectivity index (χ0n) is 26.1. The van der Waals surface area contributed by atoms with Gasteiger partial charge < -0.3 is 4.42 Å². The summed E-state index contributed by atoms with van der Waals surface area (Å²) in [5.41, 5.74) is 10.7. The van der Waals surface area contributed by atoms with E-state index in [0.29, 0.717) is 23.5 Å². The molecule has 4 bridgehead atoms. The van der Waals surface area contributed by atoms with Crippen LogP contribution in [0.25, 0.3) is 67.2 Å². The molecule has 47 heavy (non-hydrogen) atoms. The second-order valence-corrected chi connectivity index (χ2v) is 14.4. The van der Waals surface area contributed by atoms with Gasteiger partial charge in [0, 0.05) is 32.9 Å². The van der Waals surface area contributed by atoms with Crippen molar-refractivity contribution in [1.82, 2.24) is 15.0 Å². The van der Waals surface area contributed by atoms with E-state index in [1.54, 1.807) is 5.56 Å². The van der Waals surface area contributed by atoms with Gasteiger partial charge >= 0.3 is 0 Å². The lowest BCUT2D eigenvalue weighted by molar-refractivity contribution is -0.0399. The van der Waals surface area contributed by atoms with Crippen molar-refractivity contribution >= 4 is 21.9 Å². The van der Waals surface area contributed by atoms with E-state index in [1.807, 2.05) is 42.5 Å². The van der Waals surface area contributed by atoms with Crippen molar-refractivity contribution in [2.75, 3.05) is 0 Å². The summed E-state index contributed by atoms with van der Waals surface area (Å²) >= 11 is 0. The quantitative estimate of drug-likeness (QED) is 0.201. The first-order chi connectivity index (χ1) is 23.2. The Morgan fingerprint density at radius 1 is 0.489 bits per heavy atom. The third-order valence-corrected chi connectivity index (χ3v) is 12.1. The summed E-state index contributed by atoms with van der Waals surface area (Å²) in [5, 5.41) is 2.11. The summed E-state index contributed by atoms with van der Waals surface area (Å²) in [6.07, 6.45) is 6.90. The predicted molar refractivity (Wildman–Crippen MR) is 187 cm³/mol. The number of benzene rings is 5. The number of nitrogens with zero attached hydrogens (tertiary/aromatic N) is 3. The minimum Gasteiger partial charge on any atom is -0.456 e. The molecule has 0 aliphatic heterocycles. The molecule has 0 amide bonds. The molecule has 2 aromatic heterocycles. The fourth-order valence-electron chi connectivity index (χ4n) is 10.6. The lowest BCUT2D eigenvalue weighted by atomic mass is 9.43. The molecule has 0 atom stereocenters. The van der Waals surface area contributed by atoms with E-state index in [0.717, 1.165) is 56.3 Å². The van der Waals surface area contributed by atoms with Crippen LogP contribution in [0.5, 0.6) is 0 Å². The fourth-order valence-corrected chi connectivity index (χ4v) is 10.6. The second-order valence-electron chi connectivity index (χ2n) is 14.4. The van der Waals surface area contributed by atoms with Crippen molar-refractivity contribution in [1.29, 1.82) is 0 Å². The monoisotopic (exact) mass is 607 g/mol. The first-order valence-corrected chi connectivity index (χ1v) is 17.2. The molecule has 0 unspecified atom stereocenters. The Morgan fingerprint density at radius 3 is 1.96 bits per heavy atom. The van der Waals surface area contributed by atoms with E-state index in [-0.39, 0.29) is 5.41 Å². The summed E-state index contributed by atoms with van der Waals surface area (Å²) in [6.45, 7) is 0. The van der Waals surface area contributed by atoms with Crippen molar-refractivity contribution in [2.24, 2.45) is 23.7 Å². The van der Waals surface area contributed by atoms with Gasteiger partial charge in [-0.25, -0.2) is 15.0 Å². The van der Waals surface area contributed by atoms with E-state index in [4.69, 9.17) is 19.4 Å². The van der Waals surface area contributed by atoms with Gasteiger partial charge in [-0.15, -0.1) is 0 Å². The Hall–Kier alpha value is -5.09. The van der Waals surface area contributed by atoms with Gasteiger partial charge in [0.2, 0.25) is 0 Å². The smallest absolute Gasteiger partial charge is 0.164 e. The normalized spacial score (nSPS) is 25.1. The topological polar surface area (TPSA) is 51.8 Å². The van der Waals surface area contributed by atoms with E-state index >= 15 is 0 Å². The SMILES string of the molecule is c1ccc(-c2nc(-c3ccc4c(c3)C3(c5ccccc5-4)C4CC5CC(C4)CC3C5)nc(-c3cccc4oc5ccccc5c34)n2)cc1. The maximum atomic E-state index is 6.26. The average Bonchev–Trinajstić information content (AvgIpc) is 3.64. The molecule has 0 radical (unpaired) electrons. The van der Waals surface area contributed by atoms with E-state index in [1.165, 1.54) is 48.8 Å². The molecule has 5 aliphatic carbocycles. The van der Waals surface area contributed by atoms with Crippen molar-refractivity contribution in [3.63, 3.8) is 0 Å². The minimum absolute atomic E-state index is 0.0920. The third kappa shape index (κ3) is 3.56. The summed E-state index contributed by atoms with van der Waals surface area (Å²) in [7, 11) is 0. The predicted octanol–water partition coefficient (Wildman–Crippen LogP) is 10.5. The molecule has 4 fully saturated rings. The molecule has 0 saturated heterocycles. The lowest BCUT2D eigenvalue weighted by Gasteiger charge is -2.61. The number of hydrogen-bond donors (Lipinski definition) is 0. The highest BCUT2D eigenvalue weighted by molar-refractivity contribution is 6.11. The highest BCUT2D eigenvalue weighted by atomic mass is 16.3. The Kier molecular flexibility index (Phi) is 5.25.